The first-order chi connectivity index (χ1) is 9.28. The average molecular weight is 403 g/mol. The summed E-state index contributed by atoms with van der Waals surface area (Å²) in [5.74, 6) is -0.992. The minimum absolute atomic E-state index is 0.0611. The molecule has 0 fully saturated rings. The standard InChI is InChI=1S/C11H16BrFN2O4S2/c1-11(2,20(3,16)17)6-15-21(18,19)9-5-7(14)4-8(12)10(9)13/h4-5,15H,6,14H2,1-3H3. The Labute approximate surface area is 132 Å². The summed E-state index contributed by atoms with van der Waals surface area (Å²) in [5.41, 5.74) is 5.55. The number of nitrogen functional groups attached to an aromatic ring is 1. The van der Waals surface area contributed by atoms with Crippen LogP contribution in [-0.4, -0.2) is 34.4 Å². The molecule has 1 rings (SSSR count). The van der Waals surface area contributed by atoms with E-state index in [9.17, 15) is 21.2 Å². The lowest BCUT2D eigenvalue weighted by Crippen LogP contribution is -2.43. The molecule has 0 saturated heterocycles. The second-order valence-electron chi connectivity index (χ2n) is 5.17. The van der Waals surface area contributed by atoms with E-state index in [-0.39, 0.29) is 16.7 Å². The quantitative estimate of drug-likeness (QED) is 0.721. The van der Waals surface area contributed by atoms with E-state index in [4.69, 9.17) is 5.73 Å². The Hall–Kier alpha value is -0.710. The predicted octanol–water partition coefficient (Wildman–Crippen LogP) is 1.27. The van der Waals surface area contributed by atoms with E-state index in [1.165, 1.54) is 19.9 Å². The maximum Gasteiger partial charge on any atom is 0.243 e. The lowest BCUT2D eigenvalue weighted by molar-refractivity contribution is 0.530. The normalized spacial score (nSPS) is 13.4. The Morgan fingerprint density at radius 3 is 2.29 bits per heavy atom. The van der Waals surface area contributed by atoms with Gasteiger partial charge in [0, 0.05) is 18.5 Å². The second kappa shape index (κ2) is 5.82. The van der Waals surface area contributed by atoms with Gasteiger partial charge in [-0.2, -0.15) is 0 Å². The van der Waals surface area contributed by atoms with Gasteiger partial charge in [-0.25, -0.2) is 25.9 Å². The zero-order chi connectivity index (χ0) is 16.6. The number of rotatable bonds is 5. The fourth-order valence-corrected chi connectivity index (χ4v) is 3.64. The first-order valence-corrected chi connectivity index (χ1v) is 9.88. The summed E-state index contributed by atoms with van der Waals surface area (Å²) < 4.78 is 61.9. The van der Waals surface area contributed by atoms with E-state index in [1.54, 1.807) is 0 Å². The molecule has 0 spiro atoms. The van der Waals surface area contributed by atoms with E-state index in [0.717, 1.165) is 12.3 Å². The summed E-state index contributed by atoms with van der Waals surface area (Å²) in [4.78, 5) is -0.640. The number of anilines is 1. The van der Waals surface area contributed by atoms with Crippen LogP contribution in [0.25, 0.3) is 0 Å². The van der Waals surface area contributed by atoms with E-state index in [1.807, 2.05) is 0 Å². The SMILES string of the molecule is CC(C)(CNS(=O)(=O)c1cc(N)cc(Br)c1F)S(C)(=O)=O. The fraction of sp³-hybridized carbons (Fsp3) is 0.455. The molecule has 1 aromatic carbocycles. The number of hydrogen-bond acceptors (Lipinski definition) is 5. The van der Waals surface area contributed by atoms with Crippen LogP contribution in [0, 0.1) is 5.82 Å². The molecule has 0 atom stereocenters. The minimum atomic E-state index is -4.23. The van der Waals surface area contributed by atoms with E-state index >= 15 is 0 Å². The molecular formula is C11H16BrFN2O4S2. The van der Waals surface area contributed by atoms with Gasteiger partial charge in [0.25, 0.3) is 0 Å². The van der Waals surface area contributed by atoms with Gasteiger partial charge in [0.1, 0.15) is 4.90 Å². The minimum Gasteiger partial charge on any atom is -0.399 e. The zero-order valence-electron chi connectivity index (χ0n) is 11.6. The molecule has 1 aromatic rings. The Balaban J connectivity index is 3.15. The fourth-order valence-electron chi connectivity index (χ4n) is 1.26. The molecular weight excluding hydrogens is 387 g/mol. The molecule has 0 aromatic heterocycles. The van der Waals surface area contributed by atoms with Crippen LogP contribution in [0.2, 0.25) is 0 Å². The molecule has 21 heavy (non-hydrogen) atoms. The lowest BCUT2D eigenvalue weighted by Gasteiger charge is -2.22. The van der Waals surface area contributed by atoms with Crippen LogP contribution >= 0.6 is 15.9 Å². The Bertz CT molecular complexity index is 761. The molecule has 3 N–H and O–H groups in total. The van der Waals surface area contributed by atoms with Crippen LogP contribution in [0.3, 0.4) is 0 Å². The van der Waals surface area contributed by atoms with E-state index < -0.39 is 35.3 Å². The highest BCUT2D eigenvalue weighted by Crippen LogP contribution is 2.26. The number of benzene rings is 1. The summed E-state index contributed by atoms with van der Waals surface area (Å²) in [6.45, 7) is 2.35. The highest BCUT2D eigenvalue weighted by Gasteiger charge is 2.32. The van der Waals surface area contributed by atoms with Crippen molar-refractivity contribution >= 4 is 41.5 Å². The largest absolute Gasteiger partial charge is 0.399 e. The topological polar surface area (TPSA) is 106 Å². The van der Waals surface area contributed by atoms with Crippen molar-refractivity contribution in [1.82, 2.24) is 4.72 Å². The summed E-state index contributed by atoms with van der Waals surface area (Å²) in [5, 5.41) is 0. The summed E-state index contributed by atoms with van der Waals surface area (Å²) in [6.07, 6.45) is 0.999. The molecule has 0 aliphatic rings. The molecule has 0 bridgehead atoms. The highest BCUT2D eigenvalue weighted by molar-refractivity contribution is 9.10. The number of nitrogens with two attached hydrogens (primary N) is 1. The number of nitrogens with one attached hydrogen (secondary N) is 1. The van der Waals surface area contributed by atoms with Crippen molar-refractivity contribution < 1.29 is 21.2 Å². The predicted molar refractivity (Wildman–Crippen MR) is 82.6 cm³/mol. The third-order valence-electron chi connectivity index (χ3n) is 3.00. The molecule has 0 saturated carbocycles. The number of halogens is 2. The van der Waals surface area contributed by atoms with Gasteiger partial charge in [0.2, 0.25) is 10.0 Å². The van der Waals surface area contributed by atoms with Gasteiger partial charge in [-0.1, -0.05) is 0 Å². The molecule has 6 nitrogen and oxygen atoms in total. The number of sulfonamides is 1. The molecule has 120 valence electrons. The first kappa shape index (κ1) is 18.3. The Morgan fingerprint density at radius 2 is 1.81 bits per heavy atom. The monoisotopic (exact) mass is 402 g/mol. The van der Waals surface area contributed by atoms with E-state index in [2.05, 4.69) is 20.7 Å². The van der Waals surface area contributed by atoms with Gasteiger partial charge >= 0.3 is 0 Å². The summed E-state index contributed by atoms with van der Waals surface area (Å²) in [7, 11) is -7.72. The number of hydrogen-bond donors (Lipinski definition) is 2. The molecule has 0 amide bonds. The second-order valence-corrected chi connectivity index (χ2v) is 10.4. The van der Waals surface area contributed by atoms with Crippen LogP contribution in [0.1, 0.15) is 13.8 Å². The van der Waals surface area contributed by atoms with Crippen molar-refractivity contribution in [2.75, 3.05) is 18.5 Å². The maximum absolute atomic E-state index is 13.9. The average Bonchev–Trinajstić information content (AvgIpc) is 2.30. The molecule has 10 heteroatoms. The molecule has 0 unspecified atom stereocenters. The van der Waals surface area contributed by atoms with Crippen molar-refractivity contribution in [2.24, 2.45) is 0 Å². The molecule has 0 aliphatic heterocycles. The van der Waals surface area contributed by atoms with E-state index in [0.29, 0.717) is 0 Å². The van der Waals surface area contributed by atoms with Crippen molar-refractivity contribution in [2.45, 2.75) is 23.5 Å². The zero-order valence-corrected chi connectivity index (χ0v) is 14.9. The number of sulfone groups is 1. The van der Waals surface area contributed by atoms with Crippen LogP contribution in [0.5, 0.6) is 0 Å². The van der Waals surface area contributed by atoms with Crippen LogP contribution in [0.4, 0.5) is 10.1 Å². The first-order valence-electron chi connectivity index (χ1n) is 5.72. The third kappa shape index (κ3) is 4.15. The van der Waals surface area contributed by atoms with Gasteiger partial charge in [-0.15, -0.1) is 0 Å². The van der Waals surface area contributed by atoms with Gasteiger partial charge in [-0.05, 0) is 41.9 Å². The van der Waals surface area contributed by atoms with Crippen molar-refractivity contribution in [3.63, 3.8) is 0 Å². The van der Waals surface area contributed by atoms with Crippen molar-refractivity contribution in [3.8, 4) is 0 Å². The van der Waals surface area contributed by atoms with Crippen molar-refractivity contribution in [3.05, 3.63) is 22.4 Å². The smallest absolute Gasteiger partial charge is 0.243 e. The highest BCUT2D eigenvalue weighted by atomic mass is 79.9. The van der Waals surface area contributed by atoms with Crippen LogP contribution in [-0.2, 0) is 19.9 Å². The molecule has 0 radical (unpaired) electrons. The maximum atomic E-state index is 13.9. The molecule has 0 heterocycles. The van der Waals surface area contributed by atoms with Gasteiger partial charge in [0.05, 0.1) is 9.22 Å². The van der Waals surface area contributed by atoms with Gasteiger partial charge < -0.3 is 5.73 Å². The molecule has 0 aliphatic carbocycles. The van der Waals surface area contributed by atoms with Gasteiger partial charge in [0.15, 0.2) is 15.7 Å². The lowest BCUT2D eigenvalue weighted by atomic mass is 10.2. The van der Waals surface area contributed by atoms with Crippen molar-refractivity contribution in [1.29, 1.82) is 0 Å². The van der Waals surface area contributed by atoms with Crippen LogP contribution in [0.15, 0.2) is 21.5 Å². The third-order valence-corrected chi connectivity index (χ3v) is 7.13. The van der Waals surface area contributed by atoms with Gasteiger partial charge in [-0.3, -0.25) is 0 Å². The Morgan fingerprint density at radius 1 is 1.29 bits per heavy atom. The Kier molecular flexibility index (Phi) is 5.09. The van der Waals surface area contributed by atoms with Crippen LogP contribution < -0.4 is 10.5 Å². The summed E-state index contributed by atoms with van der Waals surface area (Å²) in [6, 6.07) is 2.20. The summed E-state index contributed by atoms with van der Waals surface area (Å²) >= 11 is 2.87.